The van der Waals surface area contributed by atoms with Crippen LogP contribution in [0.15, 0.2) is 41.0 Å². The van der Waals surface area contributed by atoms with E-state index in [0.717, 1.165) is 19.3 Å². The summed E-state index contributed by atoms with van der Waals surface area (Å²) in [6, 6.07) is 9.33. The molecule has 1 aromatic carbocycles. The molecule has 126 valence electrons. The van der Waals surface area contributed by atoms with Crippen LogP contribution in [0.2, 0.25) is 0 Å². The first-order chi connectivity index (χ1) is 11.7. The van der Waals surface area contributed by atoms with E-state index in [0.29, 0.717) is 11.5 Å². The highest BCUT2D eigenvalue weighted by molar-refractivity contribution is 5.80. The number of esters is 1. The van der Waals surface area contributed by atoms with E-state index >= 15 is 0 Å². The van der Waals surface area contributed by atoms with Gasteiger partial charge in [-0.05, 0) is 54.7 Å². The average molecular weight is 329 g/mol. The lowest BCUT2D eigenvalue weighted by atomic mass is 10.1. The van der Waals surface area contributed by atoms with Crippen LogP contribution in [0, 0.1) is 0 Å². The van der Waals surface area contributed by atoms with Gasteiger partial charge in [-0.15, -0.1) is 0 Å². The van der Waals surface area contributed by atoms with Crippen LogP contribution in [0.1, 0.15) is 23.3 Å². The number of aryl methyl sites for hydroxylation is 2. The third-order valence-electron chi connectivity index (χ3n) is 3.83. The number of ether oxygens (including phenoxy) is 2. The Morgan fingerprint density at radius 1 is 1.12 bits per heavy atom. The normalized spacial score (nSPS) is 12.5. The van der Waals surface area contributed by atoms with Gasteiger partial charge in [-0.3, -0.25) is 4.79 Å². The SMILES string of the molecule is O=C(COC(=O)COc1ccc2c(c1)CCC2)NCc1ccco1. The fourth-order valence-corrected chi connectivity index (χ4v) is 2.62. The molecule has 0 spiro atoms. The predicted octanol–water partition coefficient (Wildman–Crippen LogP) is 2.01. The molecule has 1 N–H and O–H groups in total. The number of hydrogen-bond donors (Lipinski definition) is 1. The molecule has 0 aliphatic heterocycles. The molecule has 1 aliphatic carbocycles. The maximum Gasteiger partial charge on any atom is 0.344 e. The lowest BCUT2D eigenvalue weighted by Gasteiger charge is -2.08. The summed E-state index contributed by atoms with van der Waals surface area (Å²) in [5.41, 5.74) is 2.62. The Bertz CT molecular complexity index is 708. The fraction of sp³-hybridized carbons (Fsp3) is 0.333. The van der Waals surface area contributed by atoms with E-state index in [1.807, 2.05) is 18.2 Å². The topological polar surface area (TPSA) is 77.8 Å². The molecule has 6 heteroatoms. The molecule has 1 aromatic heterocycles. The number of carbonyl (C=O) groups excluding carboxylic acids is 2. The van der Waals surface area contributed by atoms with Gasteiger partial charge in [-0.2, -0.15) is 0 Å². The van der Waals surface area contributed by atoms with Gasteiger partial charge in [0.25, 0.3) is 5.91 Å². The Hall–Kier alpha value is -2.76. The number of carbonyl (C=O) groups is 2. The maximum atomic E-state index is 11.6. The van der Waals surface area contributed by atoms with Crippen LogP contribution in [-0.4, -0.2) is 25.1 Å². The standard InChI is InChI=1S/C18H19NO5/c20-17(19-10-16-5-2-8-22-16)11-24-18(21)12-23-15-7-6-13-3-1-4-14(13)9-15/h2,5-9H,1,3-4,10-12H2,(H,19,20). The third kappa shape index (κ3) is 4.38. The number of furan rings is 1. The van der Waals surface area contributed by atoms with Gasteiger partial charge < -0.3 is 19.2 Å². The van der Waals surface area contributed by atoms with Crippen molar-refractivity contribution in [2.45, 2.75) is 25.8 Å². The summed E-state index contributed by atoms with van der Waals surface area (Å²) in [6.07, 6.45) is 4.84. The van der Waals surface area contributed by atoms with E-state index in [4.69, 9.17) is 13.9 Å². The summed E-state index contributed by atoms with van der Waals surface area (Å²) in [4.78, 5) is 23.2. The minimum Gasteiger partial charge on any atom is -0.482 e. The van der Waals surface area contributed by atoms with Crippen LogP contribution in [0.3, 0.4) is 0 Å². The molecule has 0 atom stereocenters. The zero-order valence-corrected chi connectivity index (χ0v) is 13.2. The van der Waals surface area contributed by atoms with Gasteiger partial charge in [-0.1, -0.05) is 6.07 Å². The molecule has 0 bridgehead atoms. The van der Waals surface area contributed by atoms with Gasteiger partial charge >= 0.3 is 5.97 Å². The van der Waals surface area contributed by atoms with E-state index in [1.165, 1.54) is 17.4 Å². The Kier molecular flexibility index (Phi) is 5.15. The second-order valence-electron chi connectivity index (χ2n) is 5.59. The molecule has 0 unspecified atom stereocenters. The van der Waals surface area contributed by atoms with E-state index in [2.05, 4.69) is 5.32 Å². The summed E-state index contributed by atoms with van der Waals surface area (Å²) < 4.78 is 15.4. The molecule has 1 amide bonds. The van der Waals surface area contributed by atoms with E-state index in [1.54, 1.807) is 12.1 Å². The summed E-state index contributed by atoms with van der Waals surface area (Å²) in [5, 5.41) is 2.59. The van der Waals surface area contributed by atoms with Crippen molar-refractivity contribution in [1.82, 2.24) is 5.32 Å². The quantitative estimate of drug-likeness (QED) is 0.786. The molecular formula is C18H19NO5. The number of fused-ring (bicyclic) bond motifs is 1. The molecule has 0 fully saturated rings. The van der Waals surface area contributed by atoms with Gasteiger partial charge in [0.1, 0.15) is 11.5 Å². The van der Waals surface area contributed by atoms with Crippen molar-refractivity contribution in [3.8, 4) is 5.75 Å². The van der Waals surface area contributed by atoms with Gasteiger partial charge in [0.05, 0.1) is 12.8 Å². The van der Waals surface area contributed by atoms with Crippen molar-refractivity contribution in [1.29, 1.82) is 0 Å². The Labute approximate surface area is 139 Å². The van der Waals surface area contributed by atoms with Gasteiger partial charge in [-0.25, -0.2) is 4.79 Å². The van der Waals surface area contributed by atoms with Crippen LogP contribution >= 0.6 is 0 Å². The van der Waals surface area contributed by atoms with Crippen molar-refractivity contribution in [3.05, 3.63) is 53.5 Å². The molecule has 0 radical (unpaired) electrons. The summed E-state index contributed by atoms with van der Waals surface area (Å²) in [6.45, 7) is -0.299. The van der Waals surface area contributed by atoms with Crippen LogP contribution in [0.5, 0.6) is 5.75 Å². The first-order valence-corrected chi connectivity index (χ1v) is 7.90. The molecule has 1 aliphatic rings. The Morgan fingerprint density at radius 2 is 2.00 bits per heavy atom. The average Bonchev–Trinajstić information content (AvgIpc) is 3.26. The molecule has 0 saturated carbocycles. The first kappa shape index (κ1) is 16.1. The van der Waals surface area contributed by atoms with Gasteiger partial charge in [0.2, 0.25) is 0 Å². The molecule has 3 rings (SSSR count). The highest BCUT2D eigenvalue weighted by Gasteiger charge is 2.13. The van der Waals surface area contributed by atoms with E-state index < -0.39 is 11.9 Å². The smallest absolute Gasteiger partial charge is 0.344 e. The van der Waals surface area contributed by atoms with Crippen molar-refractivity contribution >= 4 is 11.9 Å². The molecule has 0 saturated heterocycles. The van der Waals surface area contributed by atoms with Crippen molar-refractivity contribution in [2.75, 3.05) is 13.2 Å². The van der Waals surface area contributed by atoms with Crippen LogP contribution in [0.25, 0.3) is 0 Å². The highest BCUT2D eigenvalue weighted by Crippen LogP contribution is 2.25. The van der Waals surface area contributed by atoms with E-state index in [-0.39, 0.29) is 19.8 Å². The van der Waals surface area contributed by atoms with Crippen molar-refractivity contribution in [2.24, 2.45) is 0 Å². The van der Waals surface area contributed by atoms with Crippen LogP contribution in [0.4, 0.5) is 0 Å². The number of hydrogen-bond acceptors (Lipinski definition) is 5. The molecule has 24 heavy (non-hydrogen) atoms. The zero-order valence-electron chi connectivity index (χ0n) is 13.2. The molecule has 1 heterocycles. The lowest BCUT2D eigenvalue weighted by molar-refractivity contribution is -0.150. The van der Waals surface area contributed by atoms with Crippen molar-refractivity contribution < 1.29 is 23.5 Å². The second-order valence-corrected chi connectivity index (χ2v) is 5.59. The molecule has 6 nitrogen and oxygen atoms in total. The monoisotopic (exact) mass is 329 g/mol. The predicted molar refractivity (Wildman–Crippen MR) is 85.5 cm³/mol. The largest absolute Gasteiger partial charge is 0.482 e. The number of benzene rings is 1. The van der Waals surface area contributed by atoms with Gasteiger partial charge in [0.15, 0.2) is 13.2 Å². The number of rotatable bonds is 7. The minimum absolute atomic E-state index is 0.218. The summed E-state index contributed by atoms with van der Waals surface area (Å²) >= 11 is 0. The second kappa shape index (κ2) is 7.68. The Morgan fingerprint density at radius 3 is 2.83 bits per heavy atom. The maximum absolute atomic E-state index is 11.6. The van der Waals surface area contributed by atoms with Gasteiger partial charge in [0, 0.05) is 0 Å². The number of amides is 1. The highest BCUT2D eigenvalue weighted by atomic mass is 16.6. The first-order valence-electron chi connectivity index (χ1n) is 7.90. The zero-order chi connectivity index (χ0) is 16.8. The molecular weight excluding hydrogens is 310 g/mol. The molecule has 2 aromatic rings. The summed E-state index contributed by atoms with van der Waals surface area (Å²) in [7, 11) is 0. The Balaban J connectivity index is 1.35. The fourth-order valence-electron chi connectivity index (χ4n) is 2.62. The lowest BCUT2D eigenvalue weighted by Crippen LogP contribution is -2.29. The van der Waals surface area contributed by atoms with Crippen molar-refractivity contribution in [3.63, 3.8) is 0 Å². The summed E-state index contributed by atoms with van der Waals surface area (Å²) in [5.74, 6) is 0.311. The van der Waals surface area contributed by atoms with Crippen LogP contribution < -0.4 is 10.1 Å². The third-order valence-corrected chi connectivity index (χ3v) is 3.83. The minimum atomic E-state index is -0.580. The number of nitrogens with one attached hydrogen (secondary N) is 1. The van der Waals surface area contributed by atoms with Crippen LogP contribution in [-0.2, 0) is 33.7 Å². The van der Waals surface area contributed by atoms with E-state index in [9.17, 15) is 9.59 Å².